The van der Waals surface area contributed by atoms with Crippen molar-refractivity contribution in [3.05, 3.63) is 29.3 Å². The number of likely N-dealkylation sites (tertiary alicyclic amines) is 1. The van der Waals surface area contributed by atoms with Gasteiger partial charge in [0.05, 0.1) is 6.07 Å². The van der Waals surface area contributed by atoms with Gasteiger partial charge in [-0.25, -0.2) is 0 Å². The molecule has 5 nitrogen and oxygen atoms in total. The Labute approximate surface area is 175 Å². The number of carbonyl (C=O) groups is 1. The van der Waals surface area contributed by atoms with Gasteiger partial charge in [0.2, 0.25) is 5.91 Å². The van der Waals surface area contributed by atoms with Crippen molar-refractivity contribution in [2.24, 2.45) is 5.92 Å². The van der Waals surface area contributed by atoms with E-state index in [0.29, 0.717) is 12.8 Å². The first kappa shape index (κ1) is 20.2. The number of piperidine rings is 1. The van der Waals surface area contributed by atoms with Gasteiger partial charge in [0.15, 0.2) is 0 Å². The number of benzene rings is 1. The van der Waals surface area contributed by atoms with Crippen LogP contribution in [0.25, 0.3) is 0 Å². The largest absolute Gasteiger partial charge is 0.369 e. The van der Waals surface area contributed by atoms with Gasteiger partial charge in [-0.05, 0) is 68.2 Å². The van der Waals surface area contributed by atoms with Crippen LogP contribution in [-0.4, -0.2) is 61.5 Å². The molecule has 0 radical (unpaired) electrons. The molecule has 1 aromatic carbocycles. The predicted octanol–water partition coefficient (Wildman–Crippen LogP) is 3.23. The van der Waals surface area contributed by atoms with Crippen molar-refractivity contribution in [2.45, 2.75) is 51.4 Å². The van der Waals surface area contributed by atoms with E-state index < -0.39 is 0 Å². The van der Waals surface area contributed by atoms with Gasteiger partial charge < -0.3 is 9.80 Å². The van der Waals surface area contributed by atoms with Crippen LogP contribution in [0.5, 0.6) is 0 Å². The molecule has 2 aliphatic heterocycles. The van der Waals surface area contributed by atoms with Gasteiger partial charge in [0.25, 0.3) is 0 Å². The molecule has 3 aliphatic rings. The number of hydrogen-bond acceptors (Lipinski definition) is 4. The van der Waals surface area contributed by atoms with E-state index in [1.807, 2.05) is 4.90 Å². The highest BCUT2D eigenvalue weighted by atomic mass is 16.2. The molecule has 0 atom stereocenters. The van der Waals surface area contributed by atoms with E-state index in [1.165, 1.54) is 37.9 Å². The molecule has 0 N–H and O–H groups in total. The number of carbonyl (C=O) groups excluding carboxylic acids is 1. The molecule has 156 valence electrons. The van der Waals surface area contributed by atoms with Crippen molar-refractivity contribution in [1.82, 2.24) is 9.80 Å². The summed E-state index contributed by atoms with van der Waals surface area (Å²) in [5.41, 5.74) is 4.67. The lowest BCUT2D eigenvalue weighted by Crippen LogP contribution is -2.47. The molecule has 0 unspecified atom stereocenters. The molecule has 2 saturated heterocycles. The third-order valence-corrected chi connectivity index (χ3v) is 7.11. The van der Waals surface area contributed by atoms with Gasteiger partial charge in [-0.3, -0.25) is 9.69 Å². The van der Waals surface area contributed by atoms with E-state index in [-0.39, 0.29) is 5.91 Å². The zero-order chi connectivity index (χ0) is 20.1. The second-order valence-corrected chi connectivity index (χ2v) is 8.87. The number of nitriles is 1. The molecule has 29 heavy (non-hydrogen) atoms. The molecule has 0 bridgehead atoms. The van der Waals surface area contributed by atoms with Crippen LogP contribution in [0.4, 0.5) is 5.69 Å². The zero-order valence-corrected chi connectivity index (χ0v) is 17.6. The lowest BCUT2D eigenvalue weighted by Gasteiger charge is -2.38. The first-order valence-electron chi connectivity index (χ1n) is 11.5. The smallest absolute Gasteiger partial charge is 0.223 e. The number of rotatable bonds is 6. The van der Waals surface area contributed by atoms with E-state index in [9.17, 15) is 4.79 Å². The maximum absolute atomic E-state index is 12.0. The van der Waals surface area contributed by atoms with Crippen LogP contribution in [0, 0.1) is 17.2 Å². The summed E-state index contributed by atoms with van der Waals surface area (Å²) in [7, 11) is 0. The number of piperazine rings is 1. The number of amides is 1. The Morgan fingerprint density at radius 2 is 1.86 bits per heavy atom. The quantitative estimate of drug-likeness (QED) is 0.743. The van der Waals surface area contributed by atoms with Crippen LogP contribution in [-0.2, 0) is 17.6 Å². The molecule has 2 fully saturated rings. The normalized spacial score (nSPS) is 20.5. The van der Waals surface area contributed by atoms with Crippen LogP contribution in [0.2, 0.25) is 0 Å². The summed E-state index contributed by atoms with van der Waals surface area (Å²) in [5, 5.41) is 8.64. The number of hydrogen-bond donors (Lipinski definition) is 0. The standard InChI is InChI=1S/C24H34N4O/c25-12-3-8-24(29)28-14-10-20(11-15-28)9-13-26-16-18-27(19-17-26)23-7-2-5-21-4-1-6-22(21)23/h2,5,7,20H,1,3-4,6,8-11,13-19H2. The highest BCUT2D eigenvalue weighted by Gasteiger charge is 2.25. The monoisotopic (exact) mass is 394 g/mol. The molecule has 1 amide bonds. The highest BCUT2D eigenvalue weighted by Crippen LogP contribution is 2.32. The van der Waals surface area contributed by atoms with Crippen molar-refractivity contribution in [3.63, 3.8) is 0 Å². The fourth-order valence-electron chi connectivity index (χ4n) is 5.27. The van der Waals surface area contributed by atoms with Crippen molar-refractivity contribution in [1.29, 1.82) is 5.26 Å². The number of anilines is 1. The Kier molecular flexibility index (Phi) is 6.71. The third kappa shape index (κ3) is 4.93. The SMILES string of the molecule is N#CCCC(=O)N1CCC(CCN2CCN(c3cccc4c3CCC4)CC2)CC1. The number of nitrogens with zero attached hydrogens (tertiary/aromatic N) is 4. The summed E-state index contributed by atoms with van der Waals surface area (Å²) < 4.78 is 0. The summed E-state index contributed by atoms with van der Waals surface area (Å²) in [6.07, 6.45) is 8.04. The van der Waals surface area contributed by atoms with Gasteiger partial charge in [0.1, 0.15) is 0 Å². The van der Waals surface area contributed by atoms with Crippen LogP contribution < -0.4 is 4.90 Å². The fraction of sp³-hybridized carbons (Fsp3) is 0.667. The molecule has 0 aromatic heterocycles. The first-order chi connectivity index (χ1) is 14.2. The topological polar surface area (TPSA) is 50.6 Å². The fourth-order valence-corrected chi connectivity index (χ4v) is 5.27. The molecule has 0 saturated carbocycles. The minimum absolute atomic E-state index is 0.161. The lowest BCUT2D eigenvalue weighted by atomic mass is 9.93. The third-order valence-electron chi connectivity index (χ3n) is 7.11. The van der Waals surface area contributed by atoms with Gasteiger partial charge >= 0.3 is 0 Å². The molecule has 1 aliphatic carbocycles. The predicted molar refractivity (Wildman–Crippen MR) is 116 cm³/mol. The van der Waals surface area contributed by atoms with Crippen molar-refractivity contribution in [2.75, 3.05) is 50.7 Å². The summed E-state index contributed by atoms with van der Waals surface area (Å²) in [5.74, 6) is 0.902. The maximum Gasteiger partial charge on any atom is 0.223 e. The molecule has 5 heteroatoms. The minimum Gasteiger partial charge on any atom is -0.369 e. The molecule has 1 aromatic rings. The number of aryl methyl sites for hydroxylation is 1. The second-order valence-electron chi connectivity index (χ2n) is 8.87. The van der Waals surface area contributed by atoms with E-state index in [1.54, 1.807) is 11.1 Å². The molecule has 4 rings (SSSR count). The molecule has 0 spiro atoms. The second kappa shape index (κ2) is 9.63. The van der Waals surface area contributed by atoms with Gasteiger partial charge in [0, 0.05) is 57.8 Å². The summed E-state index contributed by atoms with van der Waals surface area (Å²) >= 11 is 0. The van der Waals surface area contributed by atoms with Crippen LogP contribution >= 0.6 is 0 Å². The Hall–Kier alpha value is -2.06. The van der Waals surface area contributed by atoms with E-state index in [2.05, 4.69) is 34.1 Å². The average molecular weight is 395 g/mol. The summed E-state index contributed by atoms with van der Waals surface area (Å²) in [6, 6.07) is 8.95. The number of fused-ring (bicyclic) bond motifs is 1. The van der Waals surface area contributed by atoms with Gasteiger partial charge in [-0.2, -0.15) is 5.26 Å². The lowest BCUT2D eigenvalue weighted by molar-refractivity contribution is -0.132. The molecular formula is C24H34N4O. The van der Waals surface area contributed by atoms with Crippen LogP contribution in [0.15, 0.2) is 18.2 Å². The summed E-state index contributed by atoms with van der Waals surface area (Å²) in [4.78, 5) is 19.2. The Bertz CT molecular complexity index is 740. The zero-order valence-electron chi connectivity index (χ0n) is 17.6. The van der Waals surface area contributed by atoms with E-state index in [4.69, 9.17) is 5.26 Å². The van der Waals surface area contributed by atoms with E-state index >= 15 is 0 Å². The summed E-state index contributed by atoms with van der Waals surface area (Å²) in [6.45, 7) is 7.55. The molecular weight excluding hydrogens is 360 g/mol. The maximum atomic E-state index is 12.0. The van der Waals surface area contributed by atoms with Gasteiger partial charge in [-0.1, -0.05) is 12.1 Å². The van der Waals surface area contributed by atoms with Crippen molar-refractivity contribution < 1.29 is 4.79 Å². The average Bonchev–Trinajstić information content (AvgIpc) is 3.26. The highest BCUT2D eigenvalue weighted by molar-refractivity contribution is 5.76. The Morgan fingerprint density at radius 1 is 1.07 bits per heavy atom. The van der Waals surface area contributed by atoms with Crippen LogP contribution in [0.3, 0.4) is 0 Å². The first-order valence-corrected chi connectivity index (χ1v) is 11.5. The van der Waals surface area contributed by atoms with Crippen molar-refractivity contribution in [3.8, 4) is 6.07 Å². The minimum atomic E-state index is 0.161. The van der Waals surface area contributed by atoms with Gasteiger partial charge in [-0.15, -0.1) is 0 Å². The Balaban J connectivity index is 1.17. The van der Waals surface area contributed by atoms with E-state index in [0.717, 1.165) is 58.0 Å². The Morgan fingerprint density at radius 3 is 2.62 bits per heavy atom. The molecule has 2 heterocycles. The van der Waals surface area contributed by atoms with Crippen molar-refractivity contribution >= 4 is 11.6 Å². The van der Waals surface area contributed by atoms with Crippen LogP contribution in [0.1, 0.15) is 49.7 Å².